The monoisotopic (exact) mass is 294 g/mol. The number of likely N-dealkylation sites (N-methyl/N-ethyl adjacent to an activating group) is 1. The summed E-state index contributed by atoms with van der Waals surface area (Å²) < 4.78 is 5.66. The van der Waals surface area contributed by atoms with E-state index >= 15 is 0 Å². The Morgan fingerprint density at radius 1 is 1.55 bits per heavy atom. The van der Waals surface area contributed by atoms with E-state index in [1.165, 1.54) is 0 Å². The molecule has 0 saturated heterocycles. The first-order valence-electron chi connectivity index (χ1n) is 6.27. The molecule has 0 fully saturated rings. The molecule has 0 radical (unpaired) electrons. The lowest BCUT2D eigenvalue weighted by molar-refractivity contribution is -0.148. The van der Waals surface area contributed by atoms with Crippen molar-refractivity contribution in [3.05, 3.63) is 29.0 Å². The molecular formula is C14H18N2O3S. The number of hydrogen-bond donors (Lipinski definition) is 1. The molecule has 20 heavy (non-hydrogen) atoms. The summed E-state index contributed by atoms with van der Waals surface area (Å²) in [6.45, 7) is 5.62. The van der Waals surface area contributed by atoms with Gasteiger partial charge in [-0.1, -0.05) is 6.07 Å². The zero-order valence-corrected chi connectivity index (χ0v) is 12.8. The minimum atomic E-state index is -0.950. The number of carboxylic acid groups (broad SMARTS) is 1. The summed E-state index contributed by atoms with van der Waals surface area (Å²) in [7, 11) is 1.77. The number of aryl methyl sites for hydroxylation is 1. The Labute approximate surface area is 121 Å². The van der Waals surface area contributed by atoms with Gasteiger partial charge in [0.15, 0.2) is 0 Å². The molecule has 1 N–H and O–H groups in total. The lowest BCUT2D eigenvalue weighted by atomic mass is 10.0. The van der Waals surface area contributed by atoms with E-state index in [0.717, 1.165) is 16.3 Å². The molecule has 108 valence electrons. The Balaban J connectivity index is 2.21. The van der Waals surface area contributed by atoms with Crippen molar-refractivity contribution in [1.29, 1.82) is 0 Å². The van der Waals surface area contributed by atoms with Crippen LogP contribution in [0.3, 0.4) is 0 Å². The van der Waals surface area contributed by atoms with Gasteiger partial charge < -0.3 is 9.52 Å². The summed E-state index contributed by atoms with van der Waals surface area (Å²) in [6.07, 6.45) is 0. The van der Waals surface area contributed by atoms with Crippen LogP contribution in [0.15, 0.2) is 21.9 Å². The van der Waals surface area contributed by atoms with Crippen LogP contribution in [-0.4, -0.2) is 33.5 Å². The van der Waals surface area contributed by atoms with Gasteiger partial charge in [0.05, 0.1) is 10.6 Å². The number of carboxylic acids is 1. The molecule has 2 aromatic heterocycles. The molecule has 2 aromatic rings. The van der Waals surface area contributed by atoms with Crippen LogP contribution in [0.1, 0.15) is 25.3 Å². The van der Waals surface area contributed by atoms with Gasteiger partial charge >= 0.3 is 5.97 Å². The van der Waals surface area contributed by atoms with E-state index in [1.54, 1.807) is 37.1 Å². The van der Waals surface area contributed by atoms with Crippen molar-refractivity contribution in [2.45, 2.75) is 32.9 Å². The lowest BCUT2D eigenvalue weighted by Gasteiger charge is -2.30. The van der Waals surface area contributed by atoms with Crippen LogP contribution < -0.4 is 0 Å². The fourth-order valence-electron chi connectivity index (χ4n) is 1.67. The van der Waals surface area contributed by atoms with Crippen LogP contribution in [0, 0.1) is 6.92 Å². The van der Waals surface area contributed by atoms with Crippen molar-refractivity contribution in [2.24, 2.45) is 0 Å². The number of aliphatic carboxylic acids is 1. The van der Waals surface area contributed by atoms with E-state index < -0.39 is 11.5 Å². The summed E-state index contributed by atoms with van der Waals surface area (Å²) in [5.41, 5.74) is -0.181. The van der Waals surface area contributed by atoms with Gasteiger partial charge in [-0.2, -0.15) is 0 Å². The van der Waals surface area contributed by atoms with Crippen LogP contribution in [0.5, 0.6) is 0 Å². The number of carbonyl (C=O) groups is 1. The van der Waals surface area contributed by atoms with Crippen molar-refractivity contribution in [2.75, 3.05) is 7.05 Å². The first-order chi connectivity index (χ1) is 9.32. The second-order valence-electron chi connectivity index (χ2n) is 5.22. The predicted octanol–water partition coefficient (Wildman–Crippen LogP) is 3.01. The zero-order chi connectivity index (χ0) is 14.9. The van der Waals surface area contributed by atoms with Gasteiger partial charge in [-0.25, -0.2) is 4.98 Å². The molecule has 0 aromatic carbocycles. The van der Waals surface area contributed by atoms with Gasteiger partial charge in [0.2, 0.25) is 5.89 Å². The first-order valence-corrected chi connectivity index (χ1v) is 7.15. The molecule has 0 unspecified atom stereocenters. The van der Waals surface area contributed by atoms with Crippen LogP contribution in [0.2, 0.25) is 0 Å². The average Bonchev–Trinajstić information content (AvgIpc) is 2.99. The summed E-state index contributed by atoms with van der Waals surface area (Å²) in [5.74, 6) is 0.454. The van der Waals surface area contributed by atoms with E-state index in [4.69, 9.17) is 4.42 Å². The Hall–Kier alpha value is -1.66. The van der Waals surface area contributed by atoms with Crippen molar-refractivity contribution in [1.82, 2.24) is 9.88 Å². The largest absolute Gasteiger partial charge is 0.480 e. The molecule has 5 nitrogen and oxygen atoms in total. The number of hydrogen-bond acceptors (Lipinski definition) is 5. The standard InChI is InChI=1S/C14H18N2O3S/c1-9-10(8-16(4)14(2,3)13(17)18)15-12(19-9)11-6-5-7-20-11/h5-7H,8H2,1-4H3,(H,17,18). The lowest BCUT2D eigenvalue weighted by Crippen LogP contribution is -2.47. The van der Waals surface area contributed by atoms with Gasteiger partial charge in [0, 0.05) is 6.54 Å². The second kappa shape index (κ2) is 5.38. The Bertz CT molecular complexity index is 602. The van der Waals surface area contributed by atoms with Crippen LogP contribution in [0.4, 0.5) is 0 Å². The van der Waals surface area contributed by atoms with Gasteiger partial charge in [0.25, 0.3) is 0 Å². The average molecular weight is 294 g/mol. The van der Waals surface area contributed by atoms with E-state index in [0.29, 0.717) is 12.4 Å². The minimum absolute atomic E-state index is 0.431. The summed E-state index contributed by atoms with van der Waals surface area (Å²) >= 11 is 1.56. The second-order valence-corrected chi connectivity index (χ2v) is 6.17. The van der Waals surface area contributed by atoms with Crippen LogP contribution >= 0.6 is 11.3 Å². The van der Waals surface area contributed by atoms with Gasteiger partial charge in [-0.15, -0.1) is 11.3 Å². The zero-order valence-electron chi connectivity index (χ0n) is 12.0. The maximum absolute atomic E-state index is 11.2. The van der Waals surface area contributed by atoms with E-state index in [2.05, 4.69) is 4.98 Å². The molecule has 0 saturated carbocycles. The third kappa shape index (κ3) is 2.76. The third-order valence-electron chi connectivity index (χ3n) is 3.49. The third-order valence-corrected chi connectivity index (χ3v) is 4.35. The Kier molecular flexibility index (Phi) is 3.96. The number of aromatic nitrogens is 1. The highest BCUT2D eigenvalue weighted by Crippen LogP contribution is 2.27. The number of thiophene rings is 1. The van der Waals surface area contributed by atoms with Crippen molar-refractivity contribution < 1.29 is 14.3 Å². The molecule has 0 atom stereocenters. The summed E-state index contributed by atoms with van der Waals surface area (Å²) in [5, 5.41) is 11.2. The van der Waals surface area contributed by atoms with Crippen molar-refractivity contribution >= 4 is 17.3 Å². The van der Waals surface area contributed by atoms with Crippen LogP contribution in [0.25, 0.3) is 10.8 Å². The molecule has 0 amide bonds. The highest BCUT2D eigenvalue weighted by Gasteiger charge is 2.32. The first kappa shape index (κ1) is 14.7. The molecular weight excluding hydrogens is 276 g/mol. The van der Waals surface area contributed by atoms with E-state index in [1.807, 2.05) is 24.4 Å². The molecule has 0 spiro atoms. The fraction of sp³-hybridized carbons (Fsp3) is 0.429. The van der Waals surface area contributed by atoms with E-state index in [-0.39, 0.29) is 0 Å². The SMILES string of the molecule is Cc1oc(-c2cccs2)nc1CN(C)C(C)(C)C(=O)O. The highest BCUT2D eigenvalue weighted by molar-refractivity contribution is 7.13. The van der Waals surface area contributed by atoms with Crippen molar-refractivity contribution in [3.8, 4) is 10.8 Å². The normalized spacial score (nSPS) is 12.1. The molecule has 0 aliphatic heterocycles. The molecule has 6 heteroatoms. The Morgan fingerprint density at radius 3 is 2.80 bits per heavy atom. The fourth-order valence-corrected chi connectivity index (χ4v) is 2.31. The maximum atomic E-state index is 11.2. The number of rotatable bonds is 5. The van der Waals surface area contributed by atoms with Gasteiger partial charge in [0.1, 0.15) is 11.3 Å². The predicted molar refractivity (Wildman–Crippen MR) is 77.7 cm³/mol. The van der Waals surface area contributed by atoms with E-state index in [9.17, 15) is 9.90 Å². The summed E-state index contributed by atoms with van der Waals surface area (Å²) in [6, 6.07) is 3.89. The minimum Gasteiger partial charge on any atom is -0.480 e. The smallest absolute Gasteiger partial charge is 0.323 e. The van der Waals surface area contributed by atoms with Gasteiger partial charge in [-0.05, 0) is 39.3 Å². The molecule has 2 heterocycles. The quantitative estimate of drug-likeness (QED) is 0.918. The Morgan fingerprint density at radius 2 is 2.25 bits per heavy atom. The molecule has 2 rings (SSSR count). The number of nitrogens with zero attached hydrogens (tertiary/aromatic N) is 2. The van der Waals surface area contributed by atoms with Crippen molar-refractivity contribution in [3.63, 3.8) is 0 Å². The molecule has 0 bridgehead atoms. The topological polar surface area (TPSA) is 66.6 Å². The highest BCUT2D eigenvalue weighted by atomic mass is 32.1. The number of oxazole rings is 1. The summed E-state index contributed by atoms with van der Waals surface area (Å²) in [4.78, 5) is 18.4. The maximum Gasteiger partial charge on any atom is 0.323 e. The van der Waals surface area contributed by atoms with Crippen LogP contribution in [-0.2, 0) is 11.3 Å². The molecule has 0 aliphatic rings. The van der Waals surface area contributed by atoms with Gasteiger partial charge in [-0.3, -0.25) is 9.69 Å². The molecule has 0 aliphatic carbocycles.